The fourth-order valence-electron chi connectivity index (χ4n) is 0.858. The van der Waals surface area contributed by atoms with Gasteiger partial charge in [-0.2, -0.15) is 0 Å². The van der Waals surface area contributed by atoms with Gasteiger partial charge in [-0.3, -0.25) is 0 Å². The summed E-state index contributed by atoms with van der Waals surface area (Å²) in [5.74, 6) is -1.48. The highest BCUT2D eigenvalue weighted by molar-refractivity contribution is 8.10. The van der Waals surface area contributed by atoms with E-state index in [2.05, 4.69) is 10.3 Å². The van der Waals surface area contributed by atoms with Gasteiger partial charge in [0.25, 0.3) is 0 Å². The minimum atomic E-state index is -3.84. The average molecular weight is 204 g/mol. The SMILES string of the molecule is CNCC1=NC=C(C(=O)O)S1(=O)=O. The number of carboxylic acids is 1. The summed E-state index contributed by atoms with van der Waals surface area (Å²) in [6.07, 6.45) is 0.852. The van der Waals surface area contributed by atoms with E-state index >= 15 is 0 Å². The van der Waals surface area contributed by atoms with Crippen LogP contribution in [0.1, 0.15) is 0 Å². The molecule has 0 aromatic carbocycles. The lowest BCUT2D eigenvalue weighted by atomic mass is 10.6. The van der Waals surface area contributed by atoms with Crippen molar-refractivity contribution in [2.75, 3.05) is 13.6 Å². The molecule has 1 heterocycles. The third-order valence-corrected chi connectivity index (χ3v) is 3.19. The van der Waals surface area contributed by atoms with Crippen molar-refractivity contribution in [1.29, 1.82) is 0 Å². The molecular weight excluding hydrogens is 196 g/mol. The maximum Gasteiger partial charge on any atom is 0.349 e. The number of aliphatic imine (C=N–C) groups is 1. The van der Waals surface area contributed by atoms with E-state index in [1.165, 1.54) is 0 Å². The van der Waals surface area contributed by atoms with Crippen LogP contribution in [0.25, 0.3) is 0 Å². The Labute approximate surface area is 74.9 Å². The van der Waals surface area contributed by atoms with Crippen molar-refractivity contribution >= 4 is 20.9 Å². The fraction of sp³-hybridized carbons (Fsp3) is 0.333. The van der Waals surface area contributed by atoms with Crippen LogP contribution in [-0.4, -0.2) is 38.1 Å². The zero-order valence-electron chi connectivity index (χ0n) is 6.81. The first-order valence-electron chi connectivity index (χ1n) is 3.40. The molecule has 1 aliphatic heterocycles. The van der Waals surface area contributed by atoms with Crippen molar-refractivity contribution in [2.45, 2.75) is 0 Å². The van der Waals surface area contributed by atoms with E-state index in [1.54, 1.807) is 7.05 Å². The van der Waals surface area contributed by atoms with Crippen LogP contribution in [-0.2, 0) is 14.6 Å². The summed E-state index contributed by atoms with van der Waals surface area (Å²) in [7, 11) is -2.29. The van der Waals surface area contributed by atoms with E-state index in [1.807, 2.05) is 0 Å². The number of nitrogens with one attached hydrogen (secondary N) is 1. The minimum absolute atomic E-state index is 0.0373. The highest BCUT2D eigenvalue weighted by Crippen LogP contribution is 2.16. The quantitative estimate of drug-likeness (QED) is 0.612. The number of carboxylic acid groups (broad SMARTS) is 1. The van der Waals surface area contributed by atoms with Crippen LogP contribution in [0.3, 0.4) is 0 Å². The number of nitrogens with zero attached hydrogens (tertiary/aromatic N) is 1. The van der Waals surface area contributed by atoms with Crippen LogP contribution >= 0.6 is 0 Å². The molecule has 0 saturated carbocycles. The summed E-state index contributed by atoms with van der Waals surface area (Å²) in [5, 5.41) is 10.9. The van der Waals surface area contributed by atoms with Gasteiger partial charge >= 0.3 is 5.97 Å². The molecule has 0 bridgehead atoms. The Kier molecular flexibility index (Phi) is 2.48. The average Bonchev–Trinajstić information content (AvgIpc) is 2.28. The summed E-state index contributed by atoms with van der Waals surface area (Å²) < 4.78 is 22.6. The van der Waals surface area contributed by atoms with Gasteiger partial charge in [0.05, 0.1) is 6.20 Å². The maximum absolute atomic E-state index is 11.3. The third kappa shape index (κ3) is 1.61. The molecule has 0 amide bonds. The summed E-state index contributed by atoms with van der Waals surface area (Å²) in [6, 6.07) is 0. The standard InChI is InChI=1S/C6H8N2O4S/c1-7-3-5-8-2-4(6(9)10)13(5,11)12/h2,7H,3H2,1H3,(H,9,10). The van der Waals surface area contributed by atoms with Gasteiger partial charge in [-0.1, -0.05) is 0 Å². The number of carbonyl (C=O) groups is 1. The van der Waals surface area contributed by atoms with Crippen LogP contribution < -0.4 is 5.32 Å². The molecular formula is C6H8N2O4S. The number of rotatable bonds is 3. The van der Waals surface area contributed by atoms with Crippen molar-refractivity contribution in [3.05, 3.63) is 11.1 Å². The van der Waals surface area contributed by atoms with Gasteiger partial charge in [0, 0.05) is 6.54 Å². The maximum atomic E-state index is 11.3. The molecule has 1 rings (SSSR count). The zero-order valence-corrected chi connectivity index (χ0v) is 7.63. The Morgan fingerprint density at radius 2 is 2.31 bits per heavy atom. The Balaban J connectivity index is 3.02. The van der Waals surface area contributed by atoms with Crippen molar-refractivity contribution in [3.63, 3.8) is 0 Å². The Morgan fingerprint density at radius 1 is 1.69 bits per heavy atom. The smallest absolute Gasteiger partial charge is 0.349 e. The predicted molar refractivity (Wildman–Crippen MR) is 46.0 cm³/mol. The number of aliphatic carboxylic acids is 1. The fourth-order valence-corrected chi connectivity index (χ4v) is 2.06. The number of hydrogen-bond donors (Lipinski definition) is 2. The molecule has 0 aromatic rings. The molecule has 0 spiro atoms. The van der Waals surface area contributed by atoms with Gasteiger partial charge < -0.3 is 10.4 Å². The van der Waals surface area contributed by atoms with Crippen molar-refractivity contribution in [3.8, 4) is 0 Å². The lowest BCUT2D eigenvalue weighted by molar-refractivity contribution is -0.131. The second-order valence-electron chi connectivity index (χ2n) is 2.36. The van der Waals surface area contributed by atoms with Gasteiger partial charge in [0.1, 0.15) is 0 Å². The summed E-state index contributed by atoms with van der Waals surface area (Å²) in [6.45, 7) is 0.0373. The summed E-state index contributed by atoms with van der Waals surface area (Å²) in [5.41, 5.74) is 0. The molecule has 0 aliphatic carbocycles. The van der Waals surface area contributed by atoms with Crippen molar-refractivity contribution in [2.24, 2.45) is 4.99 Å². The van der Waals surface area contributed by atoms with Crippen molar-refractivity contribution in [1.82, 2.24) is 5.32 Å². The van der Waals surface area contributed by atoms with Gasteiger partial charge in [-0.25, -0.2) is 18.2 Å². The molecule has 1 aliphatic rings. The van der Waals surface area contributed by atoms with E-state index in [9.17, 15) is 13.2 Å². The molecule has 0 saturated heterocycles. The Bertz CT molecular complexity index is 393. The van der Waals surface area contributed by atoms with Gasteiger partial charge in [0.2, 0.25) is 9.84 Å². The van der Waals surface area contributed by atoms with Crippen molar-refractivity contribution < 1.29 is 18.3 Å². The summed E-state index contributed by atoms with van der Waals surface area (Å²) >= 11 is 0. The normalized spacial score (nSPS) is 19.5. The number of hydrogen-bond acceptors (Lipinski definition) is 5. The topological polar surface area (TPSA) is 95.8 Å². The third-order valence-electron chi connectivity index (χ3n) is 1.46. The molecule has 0 aromatic heterocycles. The molecule has 6 nitrogen and oxygen atoms in total. The van der Waals surface area contributed by atoms with Gasteiger partial charge in [-0.15, -0.1) is 0 Å². The van der Waals surface area contributed by atoms with E-state index in [4.69, 9.17) is 5.11 Å². The molecule has 2 N–H and O–H groups in total. The second-order valence-corrected chi connectivity index (χ2v) is 4.27. The zero-order chi connectivity index (χ0) is 10.1. The second kappa shape index (κ2) is 3.27. The lowest BCUT2D eigenvalue weighted by Crippen LogP contribution is -2.26. The van der Waals surface area contributed by atoms with E-state index in [-0.39, 0.29) is 11.6 Å². The first kappa shape index (κ1) is 9.87. The molecule has 0 atom stereocenters. The number of sulfone groups is 1. The molecule has 72 valence electrons. The highest BCUT2D eigenvalue weighted by atomic mass is 32.2. The molecule has 13 heavy (non-hydrogen) atoms. The predicted octanol–water partition coefficient (Wildman–Crippen LogP) is -1.04. The van der Waals surface area contributed by atoms with E-state index in [0.29, 0.717) is 0 Å². The Hall–Kier alpha value is -1.21. The van der Waals surface area contributed by atoms with E-state index in [0.717, 1.165) is 6.20 Å². The monoisotopic (exact) mass is 204 g/mol. The first-order valence-corrected chi connectivity index (χ1v) is 4.88. The molecule has 0 radical (unpaired) electrons. The largest absolute Gasteiger partial charge is 0.477 e. The molecule has 0 unspecified atom stereocenters. The van der Waals surface area contributed by atoms with Crippen LogP contribution in [0.4, 0.5) is 0 Å². The van der Waals surface area contributed by atoms with Crippen LogP contribution in [0.2, 0.25) is 0 Å². The Morgan fingerprint density at radius 3 is 2.69 bits per heavy atom. The summed E-state index contributed by atoms with van der Waals surface area (Å²) in [4.78, 5) is 13.3. The minimum Gasteiger partial charge on any atom is -0.477 e. The van der Waals surface area contributed by atoms with Gasteiger partial charge in [-0.05, 0) is 7.05 Å². The lowest BCUT2D eigenvalue weighted by Gasteiger charge is -2.00. The van der Waals surface area contributed by atoms with Gasteiger partial charge in [0.15, 0.2) is 9.95 Å². The van der Waals surface area contributed by atoms with Crippen LogP contribution in [0.15, 0.2) is 16.1 Å². The molecule has 7 heteroatoms. The van der Waals surface area contributed by atoms with Crippen LogP contribution in [0, 0.1) is 0 Å². The first-order chi connectivity index (χ1) is 6.00. The molecule has 0 fully saturated rings. The van der Waals surface area contributed by atoms with E-state index < -0.39 is 20.7 Å². The van der Waals surface area contributed by atoms with Crippen LogP contribution in [0.5, 0.6) is 0 Å². The highest BCUT2D eigenvalue weighted by Gasteiger charge is 2.33.